The molecule has 0 amide bonds. The molecule has 0 unspecified atom stereocenters. The molecule has 3 rings (SSSR count). The summed E-state index contributed by atoms with van der Waals surface area (Å²) in [5.41, 5.74) is 0.802. The molecule has 0 spiro atoms. The first kappa shape index (κ1) is 16.6. The summed E-state index contributed by atoms with van der Waals surface area (Å²) in [4.78, 5) is 10.2. The van der Waals surface area contributed by atoms with E-state index in [1.807, 2.05) is 18.2 Å². The highest BCUT2D eigenvalue weighted by molar-refractivity contribution is 5.77. The highest BCUT2D eigenvalue weighted by Gasteiger charge is 2.23. The fraction of sp³-hybridized carbons (Fsp3) is 0.167. The third-order valence-corrected chi connectivity index (χ3v) is 3.80. The fourth-order valence-corrected chi connectivity index (χ4v) is 2.58. The van der Waals surface area contributed by atoms with Crippen molar-refractivity contribution in [3.63, 3.8) is 0 Å². The van der Waals surface area contributed by atoms with Crippen LogP contribution in [0.15, 0.2) is 36.5 Å². The minimum Gasteiger partial charge on any atom is -0.495 e. The minimum atomic E-state index is -1.25. The van der Waals surface area contributed by atoms with Gasteiger partial charge in [0.15, 0.2) is 17.5 Å². The lowest BCUT2D eigenvalue weighted by atomic mass is 10.1. The van der Waals surface area contributed by atoms with Gasteiger partial charge < -0.3 is 9.64 Å². The Hall–Kier alpha value is -3.27. The Morgan fingerprint density at radius 1 is 1.20 bits per heavy atom. The molecule has 0 fully saturated rings. The van der Waals surface area contributed by atoms with E-state index in [1.165, 1.54) is 24.3 Å². The van der Waals surface area contributed by atoms with Crippen LogP contribution >= 0.6 is 0 Å². The molecule has 0 aliphatic heterocycles. The Labute approximate surface area is 143 Å². The van der Waals surface area contributed by atoms with Gasteiger partial charge in [-0.1, -0.05) is 12.1 Å². The summed E-state index contributed by atoms with van der Waals surface area (Å²) in [7, 11) is 1.30. The molecule has 126 valence electrons. The molecule has 0 saturated carbocycles. The van der Waals surface area contributed by atoms with Crippen molar-refractivity contribution >= 4 is 22.5 Å². The summed E-state index contributed by atoms with van der Waals surface area (Å²) in [5, 5.41) is 9.00. The monoisotopic (exact) mass is 340 g/mol. The predicted molar refractivity (Wildman–Crippen MR) is 89.8 cm³/mol. The van der Waals surface area contributed by atoms with E-state index in [0.29, 0.717) is 23.4 Å². The first-order chi connectivity index (χ1) is 12.1. The second-order valence-corrected chi connectivity index (χ2v) is 5.17. The number of nitriles is 1. The molecule has 0 aliphatic carbocycles. The number of rotatable bonds is 4. The first-order valence-electron chi connectivity index (χ1n) is 7.56. The van der Waals surface area contributed by atoms with Crippen LogP contribution in [0.5, 0.6) is 5.75 Å². The van der Waals surface area contributed by atoms with Gasteiger partial charge in [-0.05, 0) is 19.1 Å². The van der Waals surface area contributed by atoms with Crippen LogP contribution in [0.25, 0.3) is 11.0 Å². The number of anilines is 2. The predicted octanol–water partition coefficient (Wildman–Crippen LogP) is 3.95. The van der Waals surface area contributed by atoms with Crippen molar-refractivity contribution in [2.24, 2.45) is 0 Å². The van der Waals surface area contributed by atoms with Gasteiger partial charge in [0.1, 0.15) is 17.4 Å². The molecule has 0 N–H and O–H groups in total. The topological polar surface area (TPSA) is 62.0 Å². The Kier molecular flexibility index (Phi) is 4.44. The molecule has 0 radical (unpaired) electrons. The van der Waals surface area contributed by atoms with E-state index >= 15 is 0 Å². The van der Waals surface area contributed by atoms with E-state index in [9.17, 15) is 8.78 Å². The van der Waals surface area contributed by atoms with E-state index in [-0.39, 0.29) is 11.4 Å². The van der Waals surface area contributed by atoms with Gasteiger partial charge >= 0.3 is 0 Å². The van der Waals surface area contributed by atoms with Crippen molar-refractivity contribution in [1.29, 1.82) is 5.26 Å². The SMILES string of the molecule is CCN(c1cnc2ccccc2n1)c1cc(OC)c(C#N)c(F)c1F. The average Bonchev–Trinajstić information content (AvgIpc) is 2.65. The van der Waals surface area contributed by atoms with E-state index in [4.69, 9.17) is 10.00 Å². The van der Waals surface area contributed by atoms with Gasteiger partial charge in [-0.3, -0.25) is 4.98 Å². The van der Waals surface area contributed by atoms with Crippen molar-refractivity contribution in [3.05, 3.63) is 53.7 Å². The van der Waals surface area contributed by atoms with Gasteiger partial charge in [0.2, 0.25) is 0 Å². The maximum Gasteiger partial charge on any atom is 0.184 e. The van der Waals surface area contributed by atoms with Crippen molar-refractivity contribution in [2.75, 3.05) is 18.6 Å². The zero-order valence-corrected chi connectivity index (χ0v) is 13.6. The number of benzene rings is 2. The first-order valence-corrected chi connectivity index (χ1v) is 7.56. The van der Waals surface area contributed by atoms with Crippen LogP contribution < -0.4 is 9.64 Å². The average molecular weight is 340 g/mol. The van der Waals surface area contributed by atoms with E-state index in [0.717, 1.165) is 0 Å². The second kappa shape index (κ2) is 6.69. The highest BCUT2D eigenvalue weighted by Crippen LogP contribution is 2.34. The molecule has 2 aromatic carbocycles. The zero-order valence-electron chi connectivity index (χ0n) is 13.6. The van der Waals surface area contributed by atoms with Gasteiger partial charge in [-0.2, -0.15) is 5.26 Å². The number of ether oxygens (including phenoxy) is 1. The van der Waals surface area contributed by atoms with Crippen LogP contribution in [0.3, 0.4) is 0 Å². The van der Waals surface area contributed by atoms with Gasteiger partial charge in [-0.25, -0.2) is 13.8 Å². The van der Waals surface area contributed by atoms with Gasteiger partial charge in [0.25, 0.3) is 0 Å². The van der Waals surface area contributed by atoms with Crippen LogP contribution in [0.2, 0.25) is 0 Å². The van der Waals surface area contributed by atoms with Gasteiger partial charge in [0, 0.05) is 12.6 Å². The number of hydrogen-bond acceptors (Lipinski definition) is 5. The normalized spacial score (nSPS) is 10.5. The number of para-hydroxylation sites is 2. The molecule has 25 heavy (non-hydrogen) atoms. The molecule has 5 nitrogen and oxygen atoms in total. The third kappa shape index (κ3) is 2.83. The van der Waals surface area contributed by atoms with Crippen LogP contribution in [-0.4, -0.2) is 23.6 Å². The lowest BCUT2D eigenvalue weighted by Crippen LogP contribution is -2.20. The maximum absolute atomic E-state index is 14.5. The molecular formula is C18H14F2N4O. The lowest BCUT2D eigenvalue weighted by molar-refractivity contribution is 0.404. The number of halogens is 2. The minimum absolute atomic E-state index is 0.0383. The van der Waals surface area contributed by atoms with Crippen molar-refractivity contribution in [3.8, 4) is 11.8 Å². The third-order valence-electron chi connectivity index (χ3n) is 3.80. The van der Waals surface area contributed by atoms with Gasteiger partial charge in [-0.15, -0.1) is 0 Å². The number of fused-ring (bicyclic) bond motifs is 1. The molecule has 0 bridgehead atoms. The summed E-state index contributed by atoms with van der Waals surface area (Å²) >= 11 is 0. The van der Waals surface area contributed by atoms with Gasteiger partial charge in [0.05, 0.1) is 30.0 Å². The largest absolute Gasteiger partial charge is 0.495 e. The number of aromatic nitrogens is 2. The zero-order chi connectivity index (χ0) is 18.0. The highest BCUT2D eigenvalue weighted by atomic mass is 19.2. The molecule has 0 saturated heterocycles. The molecule has 0 aliphatic rings. The molecule has 1 aromatic heterocycles. The standard InChI is InChI=1S/C18H14F2N4O/c1-3-24(16-10-22-12-6-4-5-7-13(12)23-16)14-8-15(25-2)11(9-21)17(19)18(14)20/h4-8,10H,3H2,1-2H3. The molecule has 0 atom stereocenters. The summed E-state index contributed by atoms with van der Waals surface area (Å²) in [5.74, 6) is -2.05. The fourth-order valence-electron chi connectivity index (χ4n) is 2.58. The summed E-state index contributed by atoms with van der Waals surface area (Å²) in [6.07, 6.45) is 1.49. The smallest absolute Gasteiger partial charge is 0.184 e. The van der Waals surface area contributed by atoms with Crippen molar-refractivity contribution in [1.82, 2.24) is 9.97 Å². The maximum atomic E-state index is 14.5. The summed E-state index contributed by atoms with van der Waals surface area (Å²) in [6, 6.07) is 10.2. The Balaban J connectivity index is 2.17. The molecular weight excluding hydrogens is 326 g/mol. The Morgan fingerprint density at radius 2 is 1.92 bits per heavy atom. The molecule has 1 heterocycles. The van der Waals surface area contributed by atoms with Crippen LogP contribution in [0, 0.1) is 23.0 Å². The van der Waals surface area contributed by atoms with E-state index in [2.05, 4.69) is 9.97 Å². The quantitative estimate of drug-likeness (QED) is 0.720. The number of nitrogens with zero attached hydrogens (tertiary/aromatic N) is 4. The van der Waals surface area contributed by atoms with Crippen LogP contribution in [0.1, 0.15) is 12.5 Å². The number of hydrogen-bond donors (Lipinski definition) is 0. The Morgan fingerprint density at radius 3 is 2.56 bits per heavy atom. The van der Waals surface area contributed by atoms with E-state index < -0.39 is 17.2 Å². The van der Waals surface area contributed by atoms with Crippen LogP contribution in [0.4, 0.5) is 20.3 Å². The second-order valence-electron chi connectivity index (χ2n) is 5.17. The lowest BCUT2D eigenvalue weighted by Gasteiger charge is -2.23. The summed E-state index contributed by atoms with van der Waals surface area (Å²) < 4.78 is 33.8. The Bertz CT molecular complexity index is 985. The number of methoxy groups -OCH3 is 1. The van der Waals surface area contributed by atoms with E-state index in [1.54, 1.807) is 19.1 Å². The molecule has 7 heteroatoms. The van der Waals surface area contributed by atoms with Crippen molar-refractivity contribution in [2.45, 2.75) is 6.92 Å². The summed E-state index contributed by atoms with van der Waals surface area (Å²) in [6.45, 7) is 2.09. The van der Waals surface area contributed by atoms with Crippen LogP contribution in [-0.2, 0) is 0 Å². The molecule has 3 aromatic rings. The van der Waals surface area contributed by atoms with Crippen molar-refractivity contribution < 1.29 is 13.5 Å².